The van der Waals surface area contributed by atoms with Crippen LogP contribution < -0.4 is 4.74 Å². The van der Waals surface area contributed by atoms with Crippen molar-refractivity contribution < 1.29 is 9.53 Å². The predicted molar refractivity (Wildman–Crippen MR) is 73.9 cm³/mol. The van der Waals surface area contributed by atoms with E-state index >= 15 is 0 Å². The number of methoxy groups -OCH3 is 1. The molecule has 0 aliphatic carbocycles. The highest BCUT2D eigenvalue weighted by Crippen LogP contribution is 2.28. The largest absolute Gasteiger partial charge is 0.496 e. The number of piperazine rings is 1. The maximum absolute atomic E-state index is 12.7. The minimum absolute atomic E-state index is 0.0556. The number of carbonyl (C=O) groups is 1. The number of amides is 1. The average Bonchev–Trinajstić information content (AvgIpc) is 2.79. The van der Waals surface area contributed by atoms with E-state index in [4.69, 9.17) is 16.3 Å². The van der Waals surface area contributed by atoms with E-state index in [2.05, 4.69) is 4.90 Å². The van der Waals surface area contributed by atoms with Gasteiger partial charge in [-0.05, 0) is 24.6 Å². The van der Waals surface area contributed by atoms with Crippen LogP contribution in [0.25, 0.3) is 0 Å². The van der Waals surface area contributed by atoms with Crippen molar-refractivity contribution in [2.24, 2.45) is 0 Å². The molecule has 2 aliphatic rings. The Labute approximate surface area is 117 Å². The summed E-state index contributed by atoms with van der Waals surface area (Å²) >= 11 is 5.94. The van der Waals surface area contributed by atoms with E-state index in [1.165, 1.54) is 0 Å². The molecule has 0 aromatic heterocycles. The lowest BCUT2D eigenvalue weighted by atomic mass is 10.1. The fourth-order valence-electron chi connectivity index (χ4n) is 2.97. The monoisotopic (exact) mass is 280 g/mol. The molecule has 2 fully saturated rings. The number of nitrogens with zero attached hydrogens (tertiary/aromatic N) is 2. The van der Waals surface area contributed by atoms with Gasteiger partial charge in [0.15, 0.2) is 0 Å². The van der Waals surface area contributed by atoms with Crippen molar-refractivity contribution >= 4 is 17.5 Å². The van der Waals surface area contributed by atoms with Gasteiger partial charge in [0.05, 0.1) is 12.7 Å². The first-order valence-corrected chi connectivity index (χ1v) is 6.93. The Morgan fingerprint density at radius 3 is 3.00 bits per heavy atom. The molecule has 2 aliphatic heterocycles. The van der Waals surface area contributed by atoms with Crippen LogP contribution >= 0.6 is 11.6 Å². The number of hydrogen-bond acceptors (Lipinski definition) is 3. The smallest absolute Gasteiger partial charge is 0.257 e. The lowest BCUT2D eigenvalue weighted by molar-refractivity contribution is 0.0606. The molecule has 2 heterocycles. The molecule has 0 N–H and O–H groups in total. The molecule has 1 aromatic rings. The quantitative estimate of drug-likeness (QED) is 0.829. The zero-order valence-corrected chi connectivity index (χ0v) is 11.7. The van der Waals surface area contributed by atoms with Gasteiger partial charge in [0.25, 0.3) is 5.91 Å². The van der Waals surface area contributed by atoms with Gasteiger partial charge < -0.3 is 9.64 Å². The van der Waals surface area contributed by atoms with Crippen LogP contribution in [0.2, 0.25) is 5.02 Å². The first-order chi connectivity index (χ1) is 9.19. The Morgan fingerprint density at radius 1 is 1.37 bits per heavy atom. The highest BCUT2D eigenvalue weighted by molar-refractivity contribution is 6.30. The lowest BCUT2D eigenvalue weighted by Gasteiger charge is -2.34. The Kier molecular flexibility index (Phi) is 3.37. The molecule has 0 saturated carbocycles. The molecule has 4 nitrogen and oxygen atoms in total. The number of fused-ring (bicyclic) bond motifs is 2. The SMILES string of the molecule is COc1cc(Cl)ccc1C(=O)N1CCN2CCC1C2. The fourth-order valence-corrected chi connectivity index (χ4v) is 3.13. The second kappa shape index (κ2) is 5.02. The summed E-state index contributed by atoms with van der Waals surface area (Å²) in [6.07, 6.45) is 1.07. The van der Waals surface area contributed by atoms with E-state index < -0.39 is 0 Å². The minimum Gasteiger partial charge on any atom is -0.496 e. The summed E-state index contributed by atoms with van der Waals surface area (Å²) < 4.78 is 5.28. The predicted octanol–water partition coefficient (Wildman–Crippen LogP) is 1.88. The molecule has 0 spiro atoms. The van der Waals surface area contributed by atoms with Crippen LogP contribution in [0.1, 0.15) is 16.8 Å². The number of rotatable bonds is 2. The maximum atomic E-state index is 12.7. The van der Waals surface area contributed by atoms with E-state index in [1.807, 2.05) is 4.90 Å². The normalized spacial score (nSPS) is 25.5. The molecular formula is C14H17ClN2O2. The van der Waals surface area contributed by atoms with Gasteiger partial charge in [0, 0.05) is 37.2 Å². The maximum Gasteiger partial charge on any atom is 0.257 e. The van der Waals surface area contributed by atoms with Crippen molar-refractivity contribution in [3.63, 3.8) is 0 Å². The number of carbonyl (C=O) groups excluding carboxylic acids is 1. The molecule has 2 unspecified atom stereocenters. The number of halogens is 1. The molecule has 102 valence electrons. The van der Waals surface area contributed by atoms with Gasteiger partial charge in [0.1, 0.15) is 5.75 Å². The van der Waals surface area contributed by atoms with Crippen LogP contribution in [0.5, 0.6) is 5.75 Å². The molecule has 2 saturated heterocycles. The van der Waals surface area contributed by atoms with Gasteiger partial charge in [-0.1, -0.05) is 11.6 Å². The van der Waals surface area contributed by atoms with Gasteiger partial charge >= 0.3 is 0 Å². The molecule has 2 atom stereocenters. The fraction of sp³-hybridized carbons (Fsp3) is 0.500. The highest BCUT2D eigenvalue weighted by atomic mass is 35.5. The third kappa shape index (κ3) is 2.30. The number of benzene rings is 1. The van der Waals surface area contributed by atoms with Gasteiger partial charge in [-0.25, -0.2) is 0 Å². The summed E-state index contributed by atoms with van der Waals surface area (Å²) in [5.41, 5.74) is 0.604. The van der Waals surface area contributed by atoms with Crippen molar-refractivity contribution in [2.45, 2.75) is 12.5 Å². The summed E-state index contributed by atoms with van der Waals surface area (Å²) in [5, 5.41) is 0.582. The van der Waals surface area contributed by atoms with Crippen LogP contribution in [-0.2, 0) is 0 Å². The first kappa shape index (κ1) is 12.8. The van der Waals surface area contributed by atoms with Crippen LogP contribution in [-0.4, -0.2) is 55.0 Å². The Morgan fingerprint density at radius 2 is 2.21 bits per heavy atom. The Hall–Kier alpha value is -1.26. The third-order valence-electron chi connectivity index (χ3n) is 4.00. The average molecular weight is 281 g/mol. The summed E-state index contributed by atoms with van der Waals surface area (Å²) in [5.74, 6) is 0.609. The second-order valence-corrected chi connectivity index (χ2v) is 5.52. The first-order valence-electron chi connectivity index (χ1n) is 6.56. The van der Waals surface area contributed by atoms with Crippen molar-refractivity contribution in [3.8, 4) is 5.75 Å². The number of ether oxygens (including phenoxy) is 1. The van der Waals surface area contributed by atoms with Crippen molar-refractivity contribution in [1.82, 2.24) is 9.80 Å². The van der Waals surface area contributed by atoms with Crippen molar-refractivity contribution in [2.75, 3.05) is 33.3 Å². The molecule has 0 radical (unpaired) electrons. The van der Waals surface area contributed by atoms with Crippen LogP contribution in [0, 0.1) is 0 Å². The molecule has 1 amide bonds. The molecule has 3 rings (SSSR count). The summed E-state index contributed by atoms with van der Waals surface area (Å²) in [7, 11) is 1.57. The second-order valence-electron chi connectivity index (χ2n) is 5.09. The van der Waals surface area contributed by atoms with E-state index in [0.717, 1.165) is 32.6 Å². The Balaban J connectivity index is 1.87. The summed E-state index contributed by atoms with van der Waals surface area (Å²) in [4.78, 5) is 17.1. The van der Waals surface area contributed by atoms with Crippen molar-refractivity contribution in [1.29, 1.82) is 0 Å². The Bertz CT molecular complexity index is 506. The van der Waals surface area contributed by atoms with Crippen LogP contribution in [0.15, 0.2) is 18.2 Å². The zero-order chi connectivity index (χ0) is 13.4. The standard InChI is InChI=1S/C14H17ClN2O2/c1-19-13-8-10(15)2-3-12(13)14(18)17-7-6-16-5-4-11(17)9-16/h2-3,8,11H,4-7,9H2,1H3. The molecule has 1 aromatic carbocycles. The molecule has 2 bridgehead atoms. The molecular weight excluding hydrogens is 264 g/mol. The van der Waals surface area contributed by atoms with Gasteiger partial charge in [0.2, 0.25) is 0 Å². The summed E-state index contributed by atoms with van der Waals surface area (Å²) in [6, 6.07) is 5.54. The summed E-state index contributed by atoms with van der Waals surface area (Å²) in [6.45, 7) is 3.88. The van der Waals surface area contributed by atoms with Crippen molar-refractivity contribution in [3.05, 3.63) is 28.8 Å². The van der Waals surface area contributed by atoms with E-state index in [1.54, 1.807) is 25.3 Å². The van der Waals surface area contributed by atoms with Gasteiger partial charge in [-0.3, -0.25) is 9.69 Å². The van der Waals surface area contributed by atoms with Crippen LogP contribution in [0.3, 0.4) is 0 Å². The topological polar surface area (TPSA) is 32.8 Å². The van der Waals surface area contributed by atoms with E-state index in [9.17, 15) is 4.79 Å². The van der Waals surface area contributed by atoms with Gasteiger partial charge in [-0.15, -0.1) is 0 Å². The van der Waals surface area contributed by atoms with E-state index in [-0.39, 0.29) is 5.91 Å². The zero-order valence-electron chi connectivity index (χ0n) is 10.9. The minimum atomic E-state index is 0.0556. The molecule has 5 heteroatoms. The third-order valence-corrected chi connectivity index (χ3v) is 4.24. The van der Waals surface area contributed by atoms with E-state index in [0.29, 0.717) is 22.4 Å². The molecule has 19 heavy (non-hydrogen) atoms. The van der Waals surface area contributed by atoms with Gasteiger partial charge in [-0.2, -0.15) is 0 Å². The highest BCUT2D eigenvalue weighted by Gasteiger charge is 2.36. The lowest BCUT2D eigenvalue weighted by Crippen LogP contribution is -2.49. The van der Waals surface area contributed by atoms with Crippen LogP contribution in [0.4, 0.5) is 0 Å². The number of hydrogen-bond donors (Lipinski definition) is 0.